The number of hydrogen-bond donors (Lipinski definition) is 2. The Kier molecular flexibility index (Phi) is 4.16. The van der Waals surface area contributed by atoms with E-state index in [0.717, 1.165) is 11.3 Å². The number of nitrogens with one attached hydrogen (secondary N) is 1. The van der Waals surface area contributed by atoms with Gasteiger partial charge >= 0.3 is 0 Å². The summed E-state index contributed by atoms with van der Waals surface area (Å²) >= 11 is 2.02. The van der Waals surface area contributed by atoms with E-state index in [0.29, 0.717) is 18.2 Å². The van der Waals surface area contributed by atoms with Gasteiger partial charge in [-0.25, -0.2) is 0 Å². The van der Waals surface area contributed by atoms with Gasteiger partial charge in [0.1, 0.15) is 0 Å². The number of nitrogens with two attached hydrogens (primary N) is 1. The van der Waals surface area contributed by atoms with Gasteiger partial charge in [-0.1, -0.05) is 0 Å². The summed E-state index contributed by atoms with van der Waals surface area (Å²) in [4.78, 5) is 0. The van der Waals surface area contributed by atoms with Crippen LogP contribution in [0.15, 0.2) is 18.2 Å². The first kappa shape index (κ1) is 12.1. The lowest BCUT2D eigenvalue weighted by Gasteiger charge is -2.24. The lowest BCUT2D eigenvalue weighted by atomic mass is 10.1. The molecule has 0 radical (unpaired) electrons. The van der Waals surface area contributed by atoms with Crippen LogP contribution in [0.3, 0.4) is 0 Å². The van der Waals surface area contributed by atoms with Crippen LogP contribution in [0.1, 0.15) is 18.4 Å². The molecule has 3 nitrogen and oxygen atoms in total. The number of nitriles is 1. The molecule has 3 N–H and O–H groups in total. The molecule has 17 heavy (non-hydrogen) atoms. The van der Waals surface area contributed by atoms with Crippen molar-refractivity contribution in [1.82, 2.24) is 0 Å². The third-order valence-electron chi connectivity index (χ3n) is 3.00. The smallest absolute Gasteiger partial charge is 0.0670 e. The lowest BCUT2D eigenvalue weighted by molar-refractivity contribution is 0.667. The topological polar surface area (TPSA) is 61.8 Å². The monoisotopic (exact) mass is 247 g/mol. The van der Waals surface area contributed by atoms with E-state index in [1.165, 1.54) is 24.3 Å². The highest BCUT2D eigenvalue weighted by molar-refractivity contribution is 7.99. The standard InChI is InChI=1S/C13H17N3S/c14-6-3-10-9-12(1-2-13(10)15)16-11-4-7-17-8-5-11/h1-2,9,11,16H,3-5,7-8,15H2. The van der Waals surface area contributed by atoms with Crippen molar-refractivity contribution in [3.05, 3.63) is 23.8 Å². The highest BCUT2D eigenvalue weighted by Crippen LogP contribution is 2.23. The first-order valence-electron chi connectivity index (χ1n) is 5.89. The quantitative estimate of drug-likeness (QED) is 0.806. The maximum absolute atomic E-state index is 8.73. The summed E-state index contributed by atoms with van der Waals surface area (Å²) in [5, 5.41) is 12.3. The van der Waals surface area contributed by atoms with Gasteiger partial charge in [-0.3, -0.25) is 0 Å². The van der Waals surface area contributed by atoms with Gasteiger partial charge in [0.15, 0.2) is 0 Å². The van der Waals surface area contributed by atoms with Crippen LogP contribution in [0, 0.1) is 11.3 Å². The fourth-order valence-corrected chi connectivity index (χ4v) is 3.12. The minimum Gasteiger partial charge on any atom is -0.398 e. The van der Waals surface area contributed by atoms with Crippen molar-refractivity contribution in [3.8, 4) is 6.07 Å². The molecule has 0 bridgehead atoms. The second-order valence-corrected chi connectivity index (χ2v) is 5.50. The summed E-state index contributed by atoms with van der Waals surface area (Å²) < 4.78 is 0. The van der Waals surface area contributed by atoms with Crippen LogP contribution >= 0.6 is 11.8 Å². The second kappa shape index (κ2) is 5.83. The predicted molar refractivity (Wildman–Crippen MR) is 74.1 cm³/mol. The van der Waals surface area contributed by atoms with E-state index in [2.05, 4.69) is 11.4 Å². The number of anilines is 2. The molecule has 1 aromatic rings. The second-order valence-electron chi connectivity index (χ2n) is 4.28. The normalized spacial score (nSPS) is 16.4. The minimum atomic E-state index is 0.377. The molecule has 4 heteroatoms. The van der Waals surface area contributed by atoms with Crippen LogP contribution in [0.5, 0.6) is 0 Å². The summed E-state index contributed by atoms with van der Waals surface area (Å²) in [7, 11) is 0. The average Bonchev–Trinajstić information content (AvgIpc) is 2.35. The molecular weight excluding hydrogens is 230 g/mol. The molecular formula is C13H17N3S. The molecule has 0 atom stereocenters. The maximum Gasteiger partial charge on any atom is 0.0670 e. The van der Waals surface area contributed by atoms with Crippen LogP contribution in [-0.2, 0) is 6.42 Å². The van der Waals surface area contributed by atoms with Crippen molar-refractivity contribution in [3.63, 3.8) is 0 Å². The largest absolute Gasteiger partial charge is 0.398 e. The van der Waals surface area contributed by atoms with Gasteiger partial charge in [-0.15, -0.1) is 0 Å². The molecule has 0 unspecified atom stereocenters. The Labute approximate surface area is 106 Å². The van der Waals surface area contributed by atoms with Crippen molar-refractivity contribution >= 4 is 23.1 Å². The van der Waals surface area contributed by atoms with Crippen molar-refractivity contribution in [2.45, 2.75) is 25.3 Å². The van der Waals surface area contributed by atoms with Crippen LogP contribution in [0.2, 0.25) is 0 Å². The lowest BCUT2D eigenvalue weighted by Crippen LogP contribution is -2.24. The zero-order valence-electron chi connectivity index (χ0n) is 9.78. The third-order valence-corrected chi connectivity index (χ3v) is 4.05. The van der Waals surface area contributed by atoms with Gasteiger partial charge in [0, 0.05) is 17.4 Å². The van der Waals surface area contributed by atoms with Gasteiger partial charge in [0.2, 0.25) is 0 Å². The molecule has 1 aromatic carbocycles. The van der Waals surface area contributed by atoms with Crippen LogP contribution < -0.4 is 11.1 Å². The van der Waals surface area contributed by atoms with Crippen molar-refractivity contribution in [1.29, 1.82) is 5.26 Å². The van der Waals surface area contributed by atoms with Crippen molar-refractivity contribution in [2.24, 2.45) is 0 Å². The summed E-state index contributed by atoms with van der Waals surface area (Å²) in [6.07, 6.45) is 2.80. The van der Waals surface area contributed by atoms with Crippen molar-refractivity contribution < 1.29 is 0 Å². The molecule has 0 aromatic heterocycles. The molecule has 2 rings (SSSR count). The molecule has 0 amide bonds. The van der Waals surface area contributed by atoms with E-state index in [1.54, 1.807) is 0 Å². The zero-order chi connectivity index (χ0) is 12.1. The Morgan fingerprint density at radius 3 is 2.88 bits per heavy atom. The van der Waals surface area contributed by atoms with Gasteiger partial charge in [0.05, 0.1) is 12.5 Å². The number of hydrogen-bond acceptors (Lipinski definition) is 4. The van der Waals surface area contributed by atoms with E-state index in [9.17, 15) is 0 Å². The molecule has 0 aliphatic carbocycles. The number of nitrogens with zero attached hydrogens (tertiary/aromatic N) is 1. The molecule has 1 fully saturated rings. The number of benzene rings is 1. The summed E-state index contributed by atoms with van der Waals surface area (Å²) in [5.74, 6) is 2.47. The van der Waals surface area contributed by atoms with Gasteiger partial charge in [-0.2, -0.15) is 17.0 Å². The Balaban J connectivity index is 2.05. The number of rotatable bonds is 3. The maximum atomic E-state index is 8.73. The highest BCUT2D eigenvalue weighted by atomic mass is 32.2. The van der Waals surface area contributed by atoms with Gasteiger partial charge in [-0.05, 0) is 48.1 Å². The fraction of sp³-hybridized carbons (Fsp3) is 0.462. The predicted octanol–water partition coefficient (Wildman–Crippen LogP) is 2.64. The van der Waals surface area contributed by atoms with E-state index in [-0.39, 0.29) is 0 Å². The number of nitrogen functional groups attached to an aromatic ring is 1. The molecule has 1 aliphatic heterocycles. The molecule has 1 saturated heterocycles. The Morgan fingerprint density at radius 1 is 1.41 bits per heavy atom. The van der Waals surface area contributed by atoms with Gasteiger partial charge < -0.3 is 11.1 Å². The van der Waals surface area contributed by atoms with E-state index in [4.69, 9.17) is 11.0 Å². The molecule has 1 heterocycles. The number of thioether (sulfide) groups is 1. The van der Waals surface area contributed by atoms with Crippen LogP contribution in [0.25, 0.3) is 0 Å². The Morgan fingerprint density at radius 2 is 2.18 bits per heavy atom. The average molecular weight is 247 g/mol. The molecule has 90 valence electrons. The fourth-order valence-electron chi connectivity index (χ4n) is 2.01. The Hall–Kier alpha value is -1.34. The van der Waals surface area contributed by atoms with E-state index < -0.39 is 0 Å². The summed E-state index contributed by atoms with van der Waals surface area (Å²) in [6, 6.07) is 8.59. The molecule has 0 saturated carbocycles. The minimum absolute atomic E-state index is 0.377. The highest BCUT2D eigenvalue weighted by Gasteiger charge is 2.13. The third kappa shape index (κ3) is 3.31. The summed E-state index contributed by atoms with van der Waals surface area (Å²) in [6.45, 7) is 0. The Bertz CT molecular complexity index is 419. The first-order chi connectivity index (χ1) is 8.29. The van der Waals surface area contributed by atoms with Crippen molar-refractivity contribution in [2.75, 3.05) is 22.6 Å². The SMILES string of the molecule is N#CCc1cc(NC2CCSCC2)ccc1N. The van der Waals surface area contributed by atoms with E-state index in [1.807, 2.05) is 30.0 Å². The van der Waals surface area contributed by atoms with E-state index >= 15 is 0 Å². The molecule has 0 spiro atoms. The first-order valence-corrected chi connectivity index (χ1v) is 7.04. The summed E-state index contributed by atoms with van der Waals surface area (Å²) in [5.41, 5.74) is 8.54. The van der Waals surface area contributed by atoms with Crippen LogP contribution in [0.4, 0.5) is 11.4 Å². The van der Waals surface area contributed by atoms with Crippen LogP contribution in [-0.4, -0.2) is 17.5 Å². The zero-order valence-corrected chi connectivity index (χ0v) is 10.6. The van der Waals surface area contributed by atoms with Gasteiger partial charge in [0.25, 0.3) is 0 Å². The molecule has 1 aliphatic rings.